The third kappa shape index (κ3) is 4.19. The van der Waals surface area contributed by atoms with Crippen molar-refractivity contribution in [2.24, 2.45) is 5.92 Å². The summed E-state index contributed by atoms with van der Waals surface area (Å²) in [6, 6.07) is 2.40. The molecule has 7 nitrogen and oxygen atoms in total. The third-order valence-corrected chi connectivity index (χ3v) is 4.27. The van der Waals surface area contributed by atoms with Crippen LogP contribution in [0.2, 0.25) is 0 Å². The van der Waals surface area contributed by atoms with Gasteiger partial charge in [0.05, 0.1) is 17.6 Å². The molecule has 1 aliphatic rings. The number of piperidine rings is 1. The Morgan fingerprint density at radius 2 is 2.00 bits per heavy atom. The van der Waals surface area contributed by atoms with Crippen LogP contribution in [0.5, 0.6) is 0 Å². The standard InChI is InChI=1S/C15H17F3N2O5/c1-25-14(22)13(21)9-4-6-19(7-5-9)11-3-2-10(15(16,17)18)8-12(11)20(23)24/h2-3,8-9,13,21H,4-7H2,1H3. The van der Waals surface area contributed by atoms with Crippen LogP contribution in [0, 0.1) is 16.0 Å². The fraction of sp³-hybridized carbons (Fsp3) is 0.533. The van der Waals surface area contributed by atoms with E-state index in [0.29, 0.717) is 18.9 Å². The summed E-state index contributed by atoms with van der Waals surface area (Å²) < 4.78 is 42.7. The van der Waals surface area contributed by atoms with E-state index in [9.17, 15) is 33.2 Å². The van der Waals surface area contributed by atoms with Gasteiger partial charge in [0.2, 0.25) is 0 Å². The largest absolute Gasteiger partial charge is 0.467 e. The number of benzene rings is 1. The number of anilines is 1. The van der Waals surface area contributed by atoms with Crippen LogP contribution in [-0.4, -0.2) is 42.3 Å². The molecule has 0 spiro atoms. The molecule has 0 saturated carbocycles. The Hall–Kier alpha value is -2.36. The quantitative estimate of drug-likeness (QED) is 0.502. The molecular formula is C15H17F3N2O5. The minimum atomic E-state index is -4.67. The average molecular weight is 362 g/mol. The van der Waals surface area contributed by atoms with Gasteiger partial charge in [0.1, 0.15) is 5.69 Å². The number of methoxy groups -OCH3 is 1. The molecule has 10 heteroatoms. The van der Waals surface area contributed by atoms with Gasteiger partial charge in [0, 0.05) is 19.2 Å². The van der Waals surface area contributed by atoms with Gasteiger partial charge in [0.25, 0.3) is 5.69 Å². The maximum atomic E-state index is 12.7. The van der Waals surface area contributed by atoms with Crippen molar-refractivity contribution in [3.05, 3.63) is 33.9 Å². The Labute approximate surface area is 141 Å². The number of nitro groups is 1. The monoisotopic (exact) mass is 362 g/mol. The summed E-state index contributed by atoms with van der Waals surface area (Å²) in [5.41, 5.74) is -1.62. The highest BCUT2D eigenvalue weighted by molar-refractivity contribution is 5.74. The molecule has 0 aromatic heterocycles. The summed E-state index contributed by atoms with van der Waals surface area (Å²) in [6.07, 6.45) is -5.24. The van der Waals surface area contributed by atoms with Gasteiger partial charge >= 0.3 is 12.1 Å². The minimum absolute atomic E-state index is 0.0870. The van der Waals surface area contributed by atoms with Gasteiger partial charge < -0.3 is 14.7 Å². The van der Waals surface area contributed by atoms with E-state index in [1.807, 2.05) is 0 Å². The Bertz CT molecular complexity index is 657. The number of nitro benzene ring substituents is 1. The molecular weight excluding hydrogens is 345 g/mol. The number of alkyl halides is 3. The number of halogens is 3. The van der Waals surface area contributed by atoms with E-state index in [4.69, 9.17) is 0 Å². The van der Waals surface area contributed by atoms with Crippen molar-refractivity contribution in [3.63, 3.8) is 0 Å². The maximum Gasteiger partial charge on any atom is 0.416 e. The number of ether oxygens (including phenoxy) is 1. The molecule has 138 valence electrons. The highest BCUT2D eigenvalue weighted by atomic mass is 19.4. The highest BCUT2D eigenvalue weighted by Gasteiger charge is 2.35. The molecule has 0 radical (unpaired) electrons. The van der Waals surface area contributed by atoms with Crippen LogP contribution in [-0.2, 0) is 15.7 Å². The minimum Gasteiger partial charge on any atom is -0.467 e. The van der Waals surface area contributed by atoms with Crippen molar-refractivity contribution >= 4 is 17.3 Å². The normalized spacial score (nSPS) is 17.2. The summed E-state index contributed by atoms with van der Waals surface area (Å²) in [4.78, 5) is 23.2. The molecule has 1 unspecified atom stereocenters. The second kappa shape index (κ2) is 7.26. The summed E-state index contributed by atoms with van der Waals surface area (Å²) >= 11 is 0. The van der Waals surface area contributed by atoms with E-state index < -0.39 is 34.4 Å². The first-order valence-electron chi connectivity index (χ1n) is 7.51. The predicted octanol–water partition coefficient (Wildman–Crippen LogP) is 2.36. The smallest absolute Gasteiger partial charge is 0.416 e. The van der Waals surface area contributed by atoms with Crippen molar-refractivity contribution in [2.75, 3.05) is 25.1 Å². The molecule has 1 aromatic carbocycles. The predicted molar refractivity (Wildman–Crippen MR) is 81.1 cm³/mol. The van der Waals surface area contributed by atoms with Gasteiger partial charge in [0.15, 0.2) is 6.10 Å². The Kier molecular flexibility index (Phi) is 5.51. The van der Waals surface area contributed by atoms with Gasteiger partial charge in [-0.1, -0.05) is 0 Å². The molecule has 0 bridgehead atoms. The lowest BCUT2D eigenvalue weighted by Gasteiger charge is -2.34. The van der Waals surface area contributed by atoms with Gasteiger partial charge in [-0.15, -0.1) is 0 Å². The zero-order valence-electron chi connectivity index (χ0n) is 13.3. The molecule has 1 fully saturated rings. The second-order valence-corrected chi connectivity index (χ2v) is 5.75. The second-order valence-electron chi connectivity index (χ2n) is 5.75. The first kappa shape index (κ1) is 19.0. The number of nitrogens with zero attached hydrogens (tertiary/aromatic N) is 2. The van der Waals surface area contributed by atoms with E-state index in [1.54, 1.807) is 4.90 Å². The van der Waals surface area contributed by atoms with Gasteiger partial charge in [-0.05, 0) is 30.9 Å². The Morgan fingerprint density at radius 1 is 1.40 bits per heavy atom. The first-order valence-corrected chi connectivity index (χ1v) is 7.51. The molecule has 25 heavy (non-hydrogen) atoms. The van der Waals surface area contributed by atoms with Gasteiger partial charge in [-0.25, -0.2) is 4.79 Å². The van der Waals surface area contributed by atoms with Gasteiger partial charge in [-0.3, -0.25) is 10.1 Å². The van der Waals surface area contributed by atoms with Crippen molar-refractivity contribution in [1.82, 2.24) is 0 Å². The van der Waals surface area contributed by atoms with Crippen LogP contribution < -0.4 is 4.90 Å². The number of rotatable bonds is 4. The van der Waals surface area contributed by atoms with Crippen LogP contribution in [0.25, 0.3) is 0 Å². The number of carbonyl (C=O) groups is 1. The molecule has 0 aliphatic carbocycles. The average Bonchev–Trinajstić information content (AvgIpc) is 2.59. The highest BCUT2D eigenvalue weighted by Crippen LogP contribution is 2.38. The summed E-state index contributed by atoms with van der Waals surface area (Å²) in [7, 11) is 1.16. The number of hydrogen-bond donors (Lipinski definition) is 1. The number of hydrogen-bond acceptors (Lipinski definition) is 6. The molecule has 1 aromatic rings. The van der Waals surface area contributed by atoms with Crippen LogP contribution in [0.1, 0.15) is 18.4 Å². The Morgan fingerprint density at radius 3 is 2.48 bits per heavy atom. The SMILES string of the molecule is COC(=O)C(O)C1CCN(c2ccc(C(F)(F)F)cc2[N+](=O)[O-])CC1. The molecule has 1 saturated heterocycles. The third-order valence-electron chi connectivity index (χ3n) is 4.27. The summed E-state index contributed by atoms with van der Waals surface area (Å²) in [5, 5.41) is 21.0. The van der Waals surface area contributed by atoms with Crippen LogP contribution in [0.15, 0.2) is 18.2 Å². The maximum absolute atomic E-state index is 12.7. The zero-order valence-corrected chi connectivity index (χ0v) is 13.3. The molecule has 0 amide bonds. The first-order chi connectivity index (χ1) is 11.6. The van der Waals surface area contributed by atoms with E-state index in [2.05, 4.69) is 4.74 Å². The lowest BCUT2D eigenvalue weighted by atomic mass is 9.91. The van der Waals surface area contributed by atoms with Crippen molar-refractivity contribution in [2.45, 2.75) is 25.1 Å². The molecule has 1 heterocycles. The fourth-order valence-corrected chi connectivity index (χ4v) is 2.88. The summed E-state index contributed by atoms with van der Waals surface area (Å²) in [5.74, 6) is -1.11. The van der Waals surface area contributed by atoms with E-state index in [-0.39, 0.29) is 24.7 Å². The van der Waals surface area contributed by atoms with Crippen LogP contribution in [0.3, 0.4) is 0 Å². The molecule has 1 N–H and O–H groups in total. The molecule has 1 aliphatic heterocycles. The molecule has 2 rings (SSSR count). The van der Waals surface area contributed by atoms with E-state index >= 15 is 0 Å². The fourth-order valence-electron chi connectivity index (χ4n) is 2.88. The van der Waals surface area contributed by atoms with Crippen molar-refractivity contribution < 1.29 is 32.7 Å². The number of aliphatic hydroxyl groups is 1. The number of carbonyl (C=O) groups excluding carboxylic acids is 1. The van der Waals surface area contributed by atoms with Crippen LogP contribution >= 0.6 is 0 Å². The zero-order chi connectivity index (χ0) is 18.8. The van der Waals surface area contributed by atoms with Crippen LogP contribution in [0.4, 0.5) is 24.5 Å². The van der Waals surface area contributed by atoms with E-state index in [1.165, 1.54) is 0 Å². The Balaban J connectivity index is 2.18. The van der Waals surface area contributed by atoms with Crippen molar-refractivity contribution in [1.29, 1.82) is 0 Å². The molecule has 1 atom stereocenters. The topological polar surface area (TPSA) is 92.9 Å². The van der Waals surface area contributed by atoms with Crippen molar-refractivity contribution in [3.8, 4) is 0 Å². The lowest BCUT2D eigenvalue weighted by Crippen LogP contribution is -2.41. The number of esters is 1. The van der Waals surface area contributed by atoms with Gasteiger partial charge in [-0.2, -0.15) is 13.2 Å². The summed E-state index contributed by atoms with van der Waals surface area (Å²) in [6.45, 7) is 0.538. The van der Waals surface area contributed by atoms with E-state index in [0.717, 1.165) is 19.2 Å². The number of aliphatic hydroxyl groups excluding tert-OH is 1. The lowest BCUT2D eigenvalue weighted by molar-refractivity contribution is -0.384.